The molecule has 0 unspecified atom stereocenters. The predicted octanol–water partition coefficient (Wildman–Crippen LogP) is 2.95. The summed E-state index contributed by atoms with van der Waals surface area (Å²) >= 11 is 0. The molecular formula is C19H28Cl2N4O. The minimum absolute atomic E-state index is 0. The molecule has 1 aliphatic rings. The quantitative estimate of drug-likeness (QED) is 0.752. The Kier molecular flexibility index (Phi) is 9.70. The van der Waals surface area contributed by atoms with E-state index in [2.05, 4.69) is 27.0 Å². The number of hydrogen-bond acceptors (Lipinski definition) is 3. The van der Waals surface area contributed by atoms with Gasteiger partial charge in [-0.2, -0.15) is 0 Å². The lowest BCUT2D eigenvalue weighted by molar-refractivity contribution is -0.122. The highest BCUT2D eigenvalue weighted by atomic mass is 35.5. The molecule has 0 spiro atoms. The van der Waals surface area contributed by atoms with Crippen LogP contribution in [0.2, 0.25) is 0 Å². The molecule has 0 radical (unpaired) electrons. The van der Waals surface area contributed by atoms with Gasteiger partial charge in [0, 0.05) is 44.4 Å². The summed E-state index contributed by atoms with van der Waals surface area (Å²) in [5, 5.41) is 3.01. The van der Waals surface area contributed by atoms with Gasteiger partial charge in [0.1, 0.15) is 5.82 Å². The third-order valence-electron chi connectivity index (χ3n) is 4.83. The van der Waals surface area contributed by atoms with E-state index < -0.39 is 0 Å². The first kappa shape index (κ1) is 22.5. The Bertz CT molecular complexity index is 663. The van der Waals surface area contributed by atoms with Gasteiger partial charge < -0.3 is 15.6 Å². The van der Waals surface area contributed by atoms with E-state index in [-0.39, 0.29) is 36.8 Å². The fourth-order valence-electron chi connectivity index (χ4n) is 3.44. The first-order valence-corrected chi connectivity index (χ1v) is 8.78. The number of carbonyl (C=O) groups is 1. The molecule has 3 N–H and O–H groups in total. The Morgan fingerprint density at radius 2 is 2.00 bits per heavy atom. The molecule has 3 rings (SSSR count). The number of carbonyl (C=O) groups excluding carboxylic acids is 1. The Labute approximate surface area is 167 Å². The third kappa shape index (κ3) is 6.31. The molecule has 1 saturated carbocycles. The van der Waals surface area contributed by atoms with E-state index in [1.54, 1.807) is 0 Å². The SMILES string of the molecule is Cl.Cl.N[C@@H]1CCC[C@H]1CC(=O)NCCc1nccn1Cc1ccccc1. The summed E-state index contributed by atoms with van der Waals surface area (Å²) in [6, 6.07) is 10.5. The zero-order valence-electron chi connectivity index (χ0n) is 14.8. The number of nitrogens with zero attached hydrogens (tertiary/aromatic N) is 2. The zero-order valence-corrected chi connectivity index (χ0v) is 16.5. The van der Waals surface area contributed by atoms with Crippen molar-refractivity contribution in [2.75, 3.05) is 6.54 Å². The van der Waals surface area contributed by atoms with E-state index in [1.807, 2.05) is 30.6 Å². The van der Waals surface area contributed by atoms with Crippen molar-refractivity contribution in [3.05, 3.63) is 54.1 Å². The fraction of sp³-hybridized carbons (Fsp3) is 0.474. The van der Waals surface area contributed by atoms with Gasteiger partial charge in [-0.3, -0.25) is 4.79 Å². The molecule has 1 amide bonds. The lowest BCUT2D eigenvalue weighted by atomic mass is 10.00. The molecule has 144 valence electrons. The largest absolute Gasteiger partial charge is 0.356 e. The van der Waals surface area contributed by atoms with E-state index in [0.29, 0.717) is 18.9 Å². The summed E-state index contributed by atoms with van der Waals surface area (Å²) < 4.78 is 2.13. The van der Waals surface area contributed by atoms with Gasteiger partial charge in [-0.05, 0) is 24.3 Å². The summed E-state index contributed by atoms with van der Waals surface area (Å²) in [6.07, 6.45) is 8.38. The van der Waals surface area contributed by atoms with E-state index in [1.165, 1.54) is 5.56 Å². The van der Waals surface area contributed by atoms with Crippen molar-refractivity contribution in [1.82, 2.24) is 14.9 Å². The summed E-state index contributed by atoms with van der Waals surface area (Å²) in [6.45, 7) is 1.42. The van der Waals surface area contributed by atoms with Crippen LogP contribution in [0.1, 0.15) is 37.1 Å². The summed E-state index contributed by atoms with van der Waals surface area (Å²) in [5.41, 5.74) is 7.28. The molecule has 1 aromatic heterocycles. The van der Waals surface area contributed by atoms with Crippen molar-refractivity contribution < 1.29 is 4.79 Å². The maximum atomic E-state index is 12.1. The number of aromatic nitrogens is 2. The Hall–Kier alpha value is -1.56. The number of nitrogens with one attached hydrogen (secondary N) is 1. The van der Waals surface area contributed by atoms with Crippen LogP contribution in [0.3, 0.4) is 0 Å². The molecule has 2 atom stereocenters. The van der Waals surface area contributed by atoms with Crippen LogP contribution in [0.4, 0.5) is 0 Å². The van der Waals surface area contributed by atoms with E-state index >= 15 is 0 Å². The number of hydrogen-bond donors (Lipinski definition) is 2. The number of halogens is 2. The first-order valence-electron chi connectivity index (χ1n) is 8.78. The van der Waals surface area contributed by atoms with Crippen molar-refractivity contribution in [3.63, 3.8) is 0 Å². The molecule has 7 heteroatoms. The van der Waals surface area contributed by atoms with Gasteiger partial charge >= 0.3 is 0 Å². The van der Waals surface area contributed by atoms with Crippen LogP contribution >= 0.6 is 24.8 Å². The van der Waals surface area contributed by atoms with Crippen molar-refractivity contribution >= 4 is 30.7 Å². The van der Waals surface area contributed by atoms with Gasteiger partial charge in [-0.15, -0.1) is 24.8 Å². The Morgan fingerprint density at radius 1 is 1.23 bits per heavy atom. The van der Waals surface area contributed by atoms with Crippen molar-refractivity contribution in [3.8, 4) is 0 Å². The molecule has 0 saturated heterocycles. The van der Waals surface area contributed by atoms with Gasteiger partial charge in [0.2, 0.25) is 5.91 Å². The number of amides is 1. The van der Waals surface area contributed by atoms with Crippen molar-refractivity contribution in [2.45, 2.75) is 44.7 Å². The van der Waals surface area contributed by atoms with E-state index in [0.717, 1.165) is 38.1 Å². The molecule has 2 aromatic rings. The van der Waals surface area contributed by atoms with Gasteiger partial charge in [-0.25, -0.2) is 4.98 Å². The van der Waals surface area contributed by atoms with Gasteiger partial charge in [0.25, 0.3) is 0 Å². The molecule has 26 heavy (non-hydrogen) atoms. The minimum Gasteiger partial charge on any atom is -0.356 e. The average molecular weight is 399 g/mol. The Balaban J connectivity index is 0.00000169. The molecule has 1 aliphatic carbocycles. The van der Waals surface area contributed by atoms with Gasteiger partial charge in [0.15, 0.2) is 0 Å². The molecule has 5 nitrogen and oxygen atoms in total. The number of imidazole rings is 1. The van der Waals surface area contributed by atoms with Crippen LogP contribution in [0.5, 0.6) is 0 Å². The maximum Gasteiger partial charge on any atom is 0.220 e. The first-order chi connectivity index (χ1) is 11.7. The fourth-order valence-corrected chi connectivity index (χ4v) is 3.44. The second-order valence-corrected chi connectivity index (χ2v) is 6.62. The third-order valence-corrected chi connectivity index (χ3v) is 4.83. The van der Waals surface area contributed by atoms with Gasteiger partial charge in [-0.1, -0.05) is 36.8 Å². The van der Waals surface area contributed by atoms with E-state index in [4.69, 9.17) is 5.73 Å². The second kappa shape index (κ2) is 11.2. The van der Waals surface area contributed by atoms with Crippen molar-refractivity contribution in [2.24, 2.45) is 11.7 Å². The second-order valence-electron chi connectivity index (χ2n) is 6.62. The van der Waals surface area contributed by atoms with Crippen molar-refractivity contribution in [1.29, 1.82) is 0 Å². The molecular weight excluding hydrogens is 371 g/mol. The van der Waals surface area contributed by atoms with Crippen LogP contribution in [0.15, 0.2) is 42.7 Å². The number of benzene rings is 1. The van der Waals surface area contributed by atoms with Gasteiger partial charge in [0.05, 0.1) is 0 Å². The lowest BCUT2D eigenvalue weighted by Crippen LogP contribution is -2.32. The molecule has 1 fully saturated rings. The minimum atomic E-state index is 0. The molecule has 0 aliphatic heterocycles. The van der Waals surface area contributed by atoms with Crippen LogP contribution < -0.4 is 11.1 Å². The van der Waals surface area contributed by atoms with Crippen LogP contribution in [0.25, 0.3) is 0 Å². The standard InChI is InChI=1S/C19H26N4O.2ClH/c20-17-8-4-7-16(17)13-19(24)22-10-9-18-21-11-12-23(18)14-15-5-2-1-3-6-15;;/h1-3,5-6,11-12,16-17H,4,7-10,13-14,20H2,(H,22,24);2*1H/t16-,17+;;/m0../s1. The van der Waals surface area contributed by atoms with E-state index in [9.17, 15) is 4.79 Å². The number of rotatable bonds is 7. The normalized spacial score (nSPS) is 18.7. The number of nitrogens with two attached hydrogens (primary N) is 1. The Morgan fingerprint density at radius 3 is 2.69 bits per heavy atom. The van der Waals surface area contributed by atoms with Crippen LogP contribution in [-0.4, -0.2) is 28.0 Å². The lowest BCUT2D eigenvalue weighted by Gasteiger charge is -2.15. The average Bonchev–Trinajstić information content (AvgIpc) is 3.18. The zero-order chi connectivity index (χ0) is 16.8. The topological polar surface area (TPSA) is 72.9 Å². The molecule has 0 bridgehead atoms. The highest BCUT2D eigenvalue weighted by molar-refractivity contribution is 5.85. The molecule has 1 aromatic carbocycles. The smallest absolute Gasteiger partial charge is 0.220 e. The van der Waals surface area contributed by atoms with Crippen LogP contribution in [0, 0.1) is 5.92 Å². The maximum absolute atomic E-state index is 12.1. The van der Waals surface area contributed by atoms with Crippen LogP contribution in [-0.2, 0) is 17.8 Å². The summed E-state index contributed by atoms with van der Waals surface area (Å²) in [4.78, 5) is 16.5. The summed E-state index contributed by atoms with van der Waals surface area (Å²) in [7, 11) is 0. The summed E-state index contributed by atoms with van der Waals surface area (Å²) in [5.74, 6) is 1.46. The highest BCUT2D eigenvalue weighted by Gasteiger charge is 2.25. The highest BCUT2D eigenvalue weighted by Crippen LogP contribution is 2.26. The molecule has 1 heterocycles. The monoisotopic (exact) mass is 398 g/mol. The predicted molar refractivity (Wildman–Crippen MR) is 109 cm³/mol.